The van der Waals surface area contributed by atoms with Crippen LogP contribution in [0.1, 0.15) is 42.7 Å². The van der Waals surface area contributed by atoms with Crippen molar-refractivity contribution in [1.82, 2.24) is 4.90 Å². The lowest BCUT2D eigenvalue weighted by Gasteiger charge is -2.35. The van der Waals surface area contributed by atoms with E-state index in [1.807, 2.05) is 6.07 Å². The van der Waals surface area contributed by atoms with Crippen LogP contribution < -0.4 is 0 Å². The molecule has 1 heterocycles. The van der Waals surface area contributed by atoms with E-state index in [9.17, 15) is 5.11 Å². The number of aliphatic hydroxyl groups is 1. The molecule has 1 aromatic heterocycles. The largest absolute Gasteiger partial charge is 0.379 e. The molecule has 118 valence electrons. The van der Waals surface area contributed by atoms with Gasteiger partial charge in [-0.25, -0.2) is 0 Å². The molecule has 1 aromatic carbocycles. The maximum absolute atomic E-state index is 11.7. The Labute approximate surface area is 137 Å². The Morgan fingerprint density at radius 1 is 1.18 bits per heavy atom. The molecule has 0 radical (unpaired) electrons. The van der Waals surface area contributed by atoms with Crippen LogP contribution in [0, 0.1) is 0 Å². The normalized spacial score (nSPS) is 25.0. The molecular formula is C19H25NOS. The Balaban J connectivity index is 2.06. The van der Waals surface area contributed by atoms with Gasteiger partial charge in [0, 0.05) is 17.3 Å². The van der Waals surface area contributed by atoms with Gasteiger partial charge in [-0.3, -0.25) is 0 Å². The molecule has 1 N–H and O–H groups in total. The number of hydrogen-bond acceptors (Lipinski definition) is 3. The highest BCUT2D eigenvalue weighted by Gasteiger charge is 2.40. The van der Waals surface area contributed by atoms with E-state index in [1.165, 1.54) is 5.56 Å². The van der Waals surface area contributed by atoms with Gasteiger partial charge in [-0.1, -0.05) is 44.2 Å². The lowest BCUT2D eigenvalue weighted by molar-refractivity contribution is 0.0399. The zero-order valence-corrected chi connectivity index (χ0v) is 14.3. The molecule has 1 aliphatic carbocycles. The van der Waals surface area contributed by atoms with Crippen molar-refractivity contribution < 1.29 is 5.11 Å². The molecule has 0 spiro atoms. The van der Waals surface area contributed by atoms with Gasteiger partial charge in [-0.15, -0.1) is 11.3 Å². The Morgan fingerprint density at radius 2 is 1.95 bits per heavy atom. The van der Waals surface area contributed by atoms with E-state index in [0.29, 0.717) is 6.04 Å². The van der Waals surface area contributed by atoms with Gasteiger partial charge in [-0.2, -0.15) is 0 Å². The molecular weight excluding hydrogens is 290 g/mol. The van der Waals surface area contributed by atoms with Crippen LogP contribution in [0.2, 0.25) is 0 Å². The summed E-state index contributed by atoms with van der Waals surface area (Å²) in [5, 5.41) is 13.7. The van der Waals surface area contributed by atoms with Gasteiger partial charge in [0.1, 0.15) is 5.60 Å². The van der Waals surface area contributed by atoms with Crippen LogP contribution in [0.25, 0.3) is 0 Å². The van der Waals surface area contributed by atoms with Gasteiger partial charge in [0.25, 0.3) is 0 Å². The molecule has 2 atom stereocenters. The first-order valence-corrected chi connectivity index (χ1v) is 9.15. The van der Waals surface area contributed by atoms with Crippen LogP contribution in [-0.2, 0) is 12.0 Å². The van der Waals surface area contributed by atoms with Crippen LogP contribution in [0.5, 0.6) is 0 Å². The van der Waals surface area contributed by atoms with E-state index in [-0.39, 0.29) is 0 Å². The number of fused-ring (bicyclic) bond motifs is 1. The van der Waals surface area contributed by atoms with E-state index in [1.54, 1.807) is 11.3 Å². The van der Waals surface area contributed by atoms with Crippen molar-refractivity contribution in [1.29, 1.82) is 0 Å². The summed E-state index contributed by atoms with van der Waals surface area (Å²) >= 11 is 1.66. The molecule has 0 bridgehead atoms. The monoisotopic (exact) mass is 315 g/mol. The van der Waals surface area contributed by atoms with Crippen LogP contribution in [-0.4, -0.2) is 29.1 Å². The standard InChI is InChI=1S/C19H25NOS/c1-3-20(4-2)16-12-11-15-8-5-6-9-17(15)19(21,14-16)18-10-7-13-22-18/h5-10,13,16,21H,3-4,11-12,14H2,1-2H3/t16-,19-/m1/s1. The van der Waals surface area contributed by atoms with Crippen molar-refractivity contribution in [3.05, 3.63) is 57.8 Å². The zero-order valence-electron chi connectivity index (χ0n) is 13.5. The van der Waals surface area contributed by atoms with Crippen LogP contribution >= 0.6 is 11.3 Å². The minimum atomic E-state index is -0.853. The van der Waals surface area contributed by atoms with E-state index in [2.05, 4.69) is 54.5 Å². The lowest BCUT2D eigenvalue weighted by Crippen LogP contribution is -2.40. The Hall–Kier alpha value is -1.16. The van der Waals surface area contributed by atoms with E-state index in [4.69, 9.17) is 0 Å². The molecule has 0 aliphatic heterocycles. The number of thiophene rings is 1. The molecule has 0 fully saturated rings. The van der Waals surface area contributed by atoms with Gasteiger partial charge < -0.3 is 10.0 Å². The molecule has 1 aliphatic rings. The first-order chi connectivity index (χ1) is 10.7. The highest BCUT2D eigenvalue weighted by atomic mass is 32.1. The number of rotatable bonds is 4. The average Bonchev–Trinajstić information content (AvgIpc) is 3.04. The van der Waals surface area contributed by atoms with Crippen LogP contribution in [0.15, 0.2) is 41.8 Å². The topological polar surface area (TPSA) is 23.5 Å². The van der Waals surface area contributed by atoms with Gasteiger partial charge >= 0.3 is 0 Å². The maximum atomic E-state index is 11.7. The smallest absolute Gasteiger partial charge is 0.125 e. The van der Waals surface area contributed by atoms with E-state index >= 15 is 0 Å². The SMILES string of the molecule is CCN(CC)[C@@H]1CCc2ccccc2[C@@](O)(c2cccs2)C1. The summed E-state index contributed by atoms with van der Waals surface area (Å²) in [6, 6.07) is 13.0. The molecule has 3 rings (SSSR count). The van der Waals surface area contributed by atoms with Crippen LogP contribution in [0.3, 0.4) is 0 Å². The summed E-state index contributed by atoms with van der Waals surface area (Å²) in [5.41, 5.74) is 1.55. The third-order valence-electron chi connectivity index (χ3n) is 5.00. The predicted molar refractivity (Wildman–Crippen MR) is 93.4 cm³/mol. The molecule has 0 unspecified atom stereocenters. The first kappa shape index (κ1) is 15.7. The van der Waals surface area contributed by atoms with Crippen molar-refractivity contribution in [3.63, 3.8) is 0 Å². The molecule has 0 amide bonds. The first-order valence-electron chi connectivity index (χ1n) is 8.27. The van der Waals surface area contributed by atoms with Gasteiger partial charge in [-0.05, 0) is 48.5 Å². The Bertz CT molecular complexity index is 606. The second-order valence-electron chi connectivity index (χ2n) is 6.11. The minimum absolute atomic E-state index is 0.425. The minimum Gasteiger partial charge on any atom is -0.379 e. The second kappa shape index (κ2) is 6.53. The van der Waals surface area contributed by atoms with Gasteiger partial charge in [0.15, 0.2) is 0 Å². The quantitative estimate of drug-likeness (QED) is 0.861. The molecule has 22 heavy (non-hydrogen) atoms. The summed E-state index contributed by atoms with van der Waals surface area (Å²) in [4.78, 5) is 3.56. The fraction of sp³-hybridized carbons (Fsp3) is 0.474. The molecule has 2 nitrogen and oxygen atoms in total. The molecule has 2 aromatic rings. The summed E-state index contributed by atoms with van der Waals surface area (Å²) in [6.45, 7) is 6.51. The van der Waals surface area contributed by atoms with Gasteiger partial charge in [0.05, 0.1) is 0 Å². The van der Waals surface area contributed by atoms with Crippen molar-refractivity contribution in [2.24, 2.45) is 0 Å². The summed E-state index contributed by atoms with van der Waals surface area (Å²) in [6.07, 6.45) is 2.95. The zero-order chi connectivity index (χ0) is 15.6. The average molecular weight is 315 g/mol. The second-order valence-corrected chi connectivity index (χ2v) is 7.06. The maximum Gasteiger partial charge on any atom is 0.125 e. The fourth-order valence-electron chi connectivity index (χ4n) is 3.82. The predicted octanol–water partition coefficient (Wildman–Crippen LogP) is 4.03. The third-order valence-corrected chi connectivity index (χ3v) is 6.02. The fourth-order valence-corrected chi connectivity index (χ4v) is 4.66. The van der Waals surface area contributed by atoms with Crippen molar-refractivity contribution >= 4 is 11.3 Å². The third kappa shape index (κ3) is 2.73. The van der Waals surface area contributed by atoms with E-state index in [0.717, 1.165) is 42.8 Å². The number of nitrogens with zero attached hydrogens (tertiary/aromatic N) is 1. The van der Waals surface area contributed by atoms with Crippen molar-refractivity contribution in [2.45, 2.75) is 44.8 Å². The van der Waals surface area contributed by atoms with Gasteiger partial charge in [0.2, 0.25) is 0 Å². The molecule has 3 heteroatoms. The summed E-state index contributed by atoms with van der Waals surface area (Å²) in [5.74, 6) is 0. The molecule has 0 saturated heterocycles. The summed E-state index contributed by atoms with van der Waals surface area (Å²) in [7, 11) is 0. The Kier molecular flexibility index (Phi) is 4.67. The number of aryl methyl sites for hydroxylation is 1. The van der Waals surface area contributed by atoms with Crippen molar-refractivity contribution in [3.8, 4) is 0 Å². The number of hydrogen-bond donors (Lipinski definition) is 1. The number of benzene rings is 1. The molecule has 0 saturated carbocycles. The van der Waals surface area contributed by atoms with E-state index < -0.39 is 5.60 Å². The van der Waals surface area contributed by atoms with Crippen molar-refractivity contribution in [2.75, 3.05) is 13.1 Å². The highest BCUT2D eigenvalue weighted by Crippen LogP contribution is 2.42. The summed E-state index contributed by atoms with van der Waals surface area (Å²) < 4.78 is 0. The highest BCUT2D eigenvalue weighted by molar-refractivity contribution is 7.10. The van der Waals surface area contributed by atoms with Crippen LogP contribution in [0.4, 0.5) is 0 Å². The lowest BCUT2D eigenvalue weighted by atomic mass is 9.85. The Morgan fingerprint density at radius 3 is 2.64 bits per heavy atom.